The molecule has 31 heavy (non-hydrogen) atoms. The lowest BCUT2D eigenvalue weighted by Gasteiger charge is -2.26. The first-order chi connectivity index (χ1) is 14.8. The van der Waals surface area contributed by atoms with Crippen LogP contribution in [0.25, 0.3) is 0 Å². The number of rotatable bonds is 9. The Morgan fingerprint density at radius 2 is 1.77 bits per heavy atom. The number of hydrogen-bond donors (Lipinski definition) is 3. The Kier molecular flexibility index (Phi) is 7.29. The zero-order valence-electron chi connectivity index (χ0n) is 17.4. The highest BCUT2D eigenvalue weighted by Crippen LogP contribution is 2.36. The van der Waals surface area contributed by atoms with Crippen LogP contribution in [-0.4, -0.2) is 38.0 Å². The van der Waals surface area contributed by atoms with Crippen LogP contribution in [0.3, 0.4) is 0 Å². The highest BCUT2D eigenvalue weighted by Gasteiger charge is 2.42. The summed E-state index contributed by atoms with van der Waals surface area (Å²) in [5.74, 6) is -0.787. The van der Waals surface area contributed by atoms with Crippen LogP contribution in [0.2, 0.25) is 0 Å². The van der Waals surface area contributed by atoms with Gasteiger partial charge in [-0.15, -0.1) is 0 Å². The number of amides is 2. The molecule has 3 rings (SSSR count). The second-order valence-electron chi connectivity index (χ2n) is 7.60. The predicted octanol–water partition coefficient (Wildman–Crippen LogP) is 2.30. The Labute approximate surface area is 182 Å². The fourth-order valence-corrected chi connectivity index (χ4v) is 5.30. The molecule has 2 amide bonds. The lowest BCUT2D eigenvalue weighted by Crippen LogP contribution is -2.48. The summed E-state index contributed by atoms with van der Waals surface area (Å²) in [6.07, 6.45) is 2.46. The number of sulfonamides is 1. The zero-order valence-corrected chi connectivity index (χ0v) is 18.2. The van der Waals surface area contributed by atoms with Gasteiger partial charge in [-0.3, -0.25) is 19.1 Å². The molecule has 0 radical (unpaired) electrons. The summed E-state index contributed by atoms with van der Waals surface area (Å²) < 4.78 is 28.1. The van der Waals surface area contributed by atoms with Gasteiger partial charge in [0.25, 0.3) is 10.0 Å². The first-order valence-electron chi connectivity index (χ1n) is 10.2. The van der Waals surface area contributed by atoms with Crippen molar-refractivity contribution in [3.05, 3.63) is 59.7 Å². The summed E-state index contributed by atoms with van der Waals surface area (Å²) in [6, 6.07) is 12.9. The molecule has 1 heterocycles. The van der Waals surface area contributed by atoms with Crippen LogP contribution in [0.1, 0.15) is 36.8 Å². The molecule has 0 aliphatic carbocycles. The molecule has 1 atom stereocenters. The van der Waals surface area contributed by atoms with Crippen molar-refractivity contribution in [1.82, 2.24) is 10.8 Å². The fraction of sp³-hybridized carbons (Fsp3) is 0.364. The van der Waals surface area contributed by atoms with E-state index in [1.54, 1.807) is 41.9 Å². The van der Waals surface area contributed by atoms with Gasteiger partial charge in [0.05, 0.1) is 10.6 Å². The van der Waals surface area contributed by atoms with E-state index >= 15 is 0 Å². The minimum atomic E-state index is -3.91. The van der Waals surface area contributed by atoms with E-state index in [0.717, 1.165) is 11.1 Å². The number of hydroxylamine groups is 1. The third kappa shape index (κ3) is 5.23. The number of nitrogens with zero attached hydrogens (tertiary/aromatic N) is 1. The molecule has 0 bridgehead atoms. The molecular formula is C22H27N3O5S. The van der Waals surface area contributed by atoms with Crippen molar-refractivity contribution in [2.75, 3.05) is 10.8 Å². The number of anilines is 1. The van der Waals surface area contributed by atoms with Crippen LogP contribution < -0.4 is 15.1 Å². The van der Waals surface area contributed by atoms with E-state index in [9.17, 15) is 18.0 Å². The molecule has 0 saturated heterocycles. The summed E-state index contributed by atoms with van der Waals surface area (Å²) >= 11 is 0. The standard InChI is InChI=1S/C22H27N3O5S/c1-16-10-12-18(13-11-16)31(29,30)25-19-8-5-4-7-17(19)15-20(25)22(27)23-14-6-2-3-9-21(26)24-28/h4-5,7-8,10-13,20,28H,2-3,6,9,14-15H2,1H3,(H,23,27)(H,24,26)/t20-/m0/s1. The molecule has 1 aliphatic rings. The number of benzene rings is 2. The molecule has 166 valence electrons. The summed E-state index contributed by atoms with van der Waals surface area (Å²) in [7, 11) is -3.91. The second kappa shape index (κ2) is 9.93. The maximum absolute atomic E-state index is 13.4. The quantitative estimate of drug-likeness (QED) is 0.311. The van der Waals surface area contributed by atoms with Crippen molar-refractivity contribution in [3.8, 4) is 0 Å². The highest BCUT2D eigenvalue weighted by atomic mass is 32.2. The first kappa shape index (κ1) is 22.8. The van der Waals surface area contributed by atoms with Gasteiger partial charge in [0, 0.05) is 19.4 Å². The van der Waals surface area contributed by atoms with Crippen molar-refractivity contribution < 1.29 is 23.2 Å². The topological polar surface area (TPSA) is 116 Å². The highest BCUT2D eigenvalue weighted by molar-refractivity contribution is 7.93. The fourth-order valence-electron chi connectivity index (χ4n) is 3.65. The van der Waals surface area contributed by atoms with Gasteiger partial charge in [0.15, 0.2) is 0 Å². The lowest BCUT2D eigenvalue weighted by molar-refractivity contribution is -0.129. The Hall–Kier alpha value is -2.91. The maximum Gasteiger partial charge on any atom is 0.265 e. The molecular weight excluding hydrogens is 418 g/mol. The molecule has 2 aromatic carbocycles. The van der Waals surface area contributed by atoms with E-state index in [4.69, 9.17) is 5.21 Å². The van der Waals surface area contributed by atoms with Crippen LogP contribution in [0.15, 0.2) is 53.4 Å². The van der Waals surface area contributed by atoms with Crippen LogP contribution in [-0.2, 0) is 26.0 Å². The van der Waals surface area contributed by atoms with E-state index in [2.05, 4.69) is 5.32 Å². The Bertz CT molecular complexity index is 1040. The van der Waals surface area contributed by atoms with Gasteiger partial charge < -0.3 is 5.32 Å². The van der Waals surface area contributed by atoms with E-state index in [-0.39, 0.29) is 17.2 Å². The van der Waals surface area contributed by atoms with E-state index in [1.807, 2.05) is 19.1 Å². The average Bonchev–Trinajstić information content (AvgIpc) is 3.16. The van der Waals surface area contributed by atoms with Crippen molar-refractivity contribution in [3.63, 3.8) is 0 Å². The largest absolute Gasteiger partial charge is 0.354 e. The predicted molar refractivity (Wildman–Crippen MR) is 116 cm³/mol. The normalized spacial score (nSPS) is 15.4. The van der Waals surface area contributed by atoms with Gasteiger partial charge in [0.1, 0.15) is 6.04 Å². The number of aryl methyl sites for hydroxylation is 1. The summed E-state index contributed by atoms with van der Waals surface area (Å²) in [5.41, 5.74) is 3.87. The Balaban J connectivity index is 1.71. The number of para-hydroxylation sites is 1. The van der Waals surface area contributed by atoms with E-state index < -0.39 is 22.0 Å². The smallest absolute Gasteiger partial charge is 0.265 e. The third-order valence-corrected chi connectivity index (χ3v) is 7.15. The Morgan fingerprint density at radius 1 is 1.06 bits per heavy atom. The minimum Gasteiger partial charge on any atom is -0.354 e. The number of carbonyl (C=O) groups is 2. The maximum atomic E-state index is 13.4. The molecule has 1 aliphatic heterocycles. The number of hydrogen-bond acceptors (Lipinski definition) is 5. The van der Waals surface area contributed by atoms with Crippen molar-refractivity contribution in [1.29, 1.82) is 0 Å². The van der Waals surface area contributed by atoms with E-state index in [0.29, 0.717) is 37.9 Å². The van der Waals surface area contributed by atoms with Crippen molar-refractivity contribution in [2.45, 2.75) is 50.0 Å². The molecule has 9 heteroatoms. The van der Waals surface area contributed by atoms with Crippen molar-refractivity contribution >= 4 is 27.5 Å². The van der Waals surface area contributed by atoms with Crippen molar-refractivity contribution in [2.24, 2.45) is 0 Å². The number of fused-ring (bicyclic) bond motifs is 1. The van der Waals surface area contributed by atoms with Gasteiger partial charge in [-0.1, -0.05) is 42.3 Å². The van der Waals surface area contributed by atoms with Gasteiger partial charge in [-0.05, 0) is 43.5 Å². The molecule has 2 aromatic rings. The molecule has 0 aromatic heterocycles. The lowest BCUT2D eigenvalue weighted by atomic mass is 10.1. The molecule has 8 nitrogen and oxygen atoms in total. The monoisotopic (exact) mass is 445 g/mol. The third-order valence-electron chi connectivity index (χ3n) is 5.31. The summed E-state index contributed by atoms with van der Waals surface area (Å²) in [4.78, 5) is 24.1. The number of unbranched alkanes of at least 4 members (excludes halogenated alkanes) is 2. The summed E-state index contributed by atoms with van der Waals surface area (Å²) in [6.45, 7) is 2.26. The first-order valence-corrected chi connectivity index (χ1v) is 11.7. The molecule has 0 saturated carbocycles. The number of carbonyl (C=O) groups excluding carboxylic acids is 2. The summed E-state index contributed by atoms with van der Waals surface area (Å²) in [5, 5.41) is 11.3. The van der Waals surface area contributed by atoms with Gasteiger partial charge >= 0.3 is 0 Å². The average molecular weight is 446 g/mol. The SMILES string of the molecule is Cc1ccc(S(=O)(=O)N2c3ccccc3C[C@H]2C(=O)NCCCCCC(=O)NO)cc1. The van der Waals surface area contributed by atoms with E-state index in [1.165, 1.54) is 4.31 Å². The Morgan fingerprint density at radius 3 is 2.48 bits per heavy atom. The van der Waals surface area contributed by atoms with Crippen LogP contribution in [0.5, 0.6) is 0 Å². The molecule has 0 unspecified atom stereocenters. The van der Waals surface area contributed by atoms with Gasteiger partial charge in [0.2, 0.25) is 11.8 Å². The van der Waals surface area contributed by atoms with Gasteiger partial charge in [-0.25, -0.2) is 13.9 Å². The molecule has 3 N–H and O–H groups in total. The minimum absolute atomic E-state index is 0.148. The van der Waals surface area contributed by atoms with Crippen LogP contribution in [0.4, 0.5) is 5.69 Å². The number of nitrogens with one attached hydrogen (secondary N) is 2. The second-order valence-corrected chi connectivity index (χ2v) is 9.41. The van der Waals surface area contributed by atoms with Crippen LogP contribution >= 0.6 is 0 Å². The zero-order chi connectivity index (χ0) is 22.4. The molecule has 0 spiro atoms. The van der Waals surface area contributed by atoms with Crippen LogP contribution in [0, 0.1) is 6.92 Å². The van der Waals surface area contributed by atoms with Gasteiger partial charge in [-0.2, -0.15) is 0 Å². The molecule has 0 fully saturated rings.